The summed E-state index contributed by atoms with van der Waals surface area (Å²) in [5, 5.41) is 0.441. The van der Waals surface area contributed by atoms with Crippen LogP contribution in [0.25, 0.3) is 10.9 Å². The van der Waals surface area contributed by atoms with Gasteiger partial charge in [-0.3, -0.25) is 0 Å². The van der Waals surface area contributed by atoms with Gasteiger partial charge in [0.15, 0.2) is 0 Å². The second-order valence-corrected chi connectivity index (χ2v) is 6.35. The first-order valence-electron chi connectivity index (χ1n) is 7.18. The Morgan fingerprint density at radius 2 is 1.75 bits per heavy atom. The Balaban J connectivity index is 2.09. The van der Waals surface area contributed by atoms with Crippen LogP contribution >= 0.6 is 11.8 Å². The Kier molecular flexibility index (Phi) is 4.41. The second kappa shape index (κ2) is 6.36. The highest BCUT2D eigenvalue weighted by Crippen LogP contribution is 2.38. The molecule has 6 heteroatoms. The molecule has 0 bridgehead atoms. The minimum absolute atomic E-state index is 0.126. The maximum absolute atomic E-state index is 13.4. The quantitative estimate of drug-likeness (QED) is 0.603. The molecule has 124 valence electrons. The standard InChI is InChI=1S/C18H14F3NOS/c1-11-4-3-5-14-15(18(19,20)21)10-16(22-17(11)14)24-13-8-6-12(23-2)7-9-13/h3-10H,1-2H3. The number of aromatic nitrogens is 1. The summed E-state index contributed by atoms with van der Waals surface area (Å²) in [6.45, 7) is 1.76. The van der Waals surface area contributed by atoms with Crippen molar-refractivity contribution < 1.29 is 17.9 Å². The lowest BCUT2D eigenvalue weighted by Crippen LogP contribution is -2.07. The van der Waals surface area contributed by atoms with E-state index in [4.69, 9.17) is 4.74 Å². The van der Waals surface area contributed by atoms with E-state index in [0.717, 1.165) is 16.5 Å². The molecule has 1 aromatic heterocycles. The van der Waals surface area contributed by atoms with Crippen molar-refractivity contribution in [2.45, 2.75) is 23.0 Å². The Bertz CT molecular complexity index is 876. The number of halogens is 3. The van der Waals surface area contributed by atoms with Crippen molar-refractivity contribution in [3.63, 3.8) is 0 Å². The number of pyridine rings is 1. The van der Waals surface area contributed by atoms with Crippen molar-refractivity contribution in [3.8, 4) is 5.75 Å². The number of fused-ring (bicyclic) bond motifs is 1. The molecule has 0 aliphatic carbocycles. The van der Waals surface area contributed by atoms with Crippen LogP contribution in [-0.2, 0) is 6.18 Å². The molecule has 0 saturated carbocycles. The summed E-state index contributed by atoms with van der Waals surface area (Å²) >= 11 is 1.19. The van der Waals surface area contributed by atoms with Crippen LogP contribution in [0.1, 0.15) is 11.1 Å². The van der Waals surface area contributed by atoms with Gasteiger partial charge in [0.05, 0.1) is 18.2 Å². The number of nitrogens with zero attached hydrogens (tertiary/aromatic N) is 1. The van der Waals surface area contributed by atoms with Crippen LogP contribution in [0, 0.1) is 6.92 Å². The van der Waals surface area contributed by atoms with Gasteiger partial charge in [0, 0.05) is 10.3 Å². The molecule has 0 unspecified atom stereocenters. The number of para-hydroxylation sites is 1. The highest BCUT2D eigenvalue weighted by molar-refractivity contribution is 7.99. The summed E-state index contributed by atoms with van der Waals surface area (Å²) in [4.78, 5) is 5.21. The molecule has 2 nitrogen and oxygen atoms in total. The summed E-state index contributed by atoms with van der Waals surface area (Å²) in [7, 11) is 1.56. The van der Waals surface area contributed by atoms with Crippen LogP contribution in [0.4, 0.5) is 13.2 Å². The van der Waals surface area contributed by atoms with E-state index in [0.29, 0.717) is 16.3 Å². The minimum atomic E-state index is -4.43. The van der Waals surface area contributed by atoms with Gasteiger partial charge in [-0.25, -0.2) is 4.98 Å². The fourth-order valence-corrected chi connectivity index (χ4v) is 3.25. The predicted octanol–water partition coefficient (Wildman–Crippen LogP) is 5.72. The van der Waals surface area contributed by atoms with E-state index < -0.39 is 11.7 Å². The average molecular weight is 349 g/mol. The topological polar surface area (TPSA) is 22.1 Å². The third kappa shape index (κ3) is 3.33. The lowest BCUT2D eigenvalue weighted by molar-refractivity contribution is -0.136. The molecule has 0 saturated heterocycles. The van der Waals surface area contributed by atoms with Gasteiger partial charge in [-0.15, -0.1) is 0 Å². The van der Waals surface area contributed by atoms with Crippen molar-refractivity contribution in [2.75, 3.05) is 7.11 Å². The molecule has 24 heavy (non-hydrogen) atoms. The lowest BCUT2D eigenvalue weighted by Gasteiger charge is -2.13. The third-order valence-corrected chi connectivity index (χ3v) is 4.53. The Morgan fingerprint density at radius 3 is 2.38 bits per heavy atom. The Morgan fingerprint density at radius 1 is 1.04 bits per heavy atom. The first-order valence-corrected chi connectivity index (χ1v) is 7.99. The van der Waals surface area contributed by atoms with Gasteiger partial charge in [0.25, 0.3) is 0 Å². The zero-order valence-electron chi connectivity index (χ0n) is 13.0. The monoisotopic (exact) mass is 349 g/mol. The maximum Gasteiger partial charge on any atom is 0.417 e. The number of aryl methyl sites for hydroxylation is 1. The number of benzene rings is 2. The van der Waals surface area contributed by atoms with Crippen LogP contribution in [0.2, 0.25) is 0 Å². The fourth-order valence-electron chi connectivity index (χ4n) is 2.42. The molecule has 0 fully saturated rings. The predicted molar refractivity (Wildman–Crippen MR) is 88.6 cm³/mol. The molecule has 0 radical (unpaired) electrons. The maximum atomic E-state index is 13.4. The molecular weight excluding hydrogens is 335 g/mol. The molecule has 3 aromatic rings. The number of methoxy groups -OCH3 is 1. The van der Waals surface area contributed by atoms with Gasteiger partial charge in [0.1, 0.15) is 10.8 Å². The van der Waals surface area contributed by atoms with Gasteiger partial charge in [-0.05, 0) is 42.8 Å². The Labute approximate surface area is 141 Å². The molecule has 0 spiro atoms. The van der Waals surface area contributed by atoms with Gasteiger partial charge in [-0.1, -0.05) is 30.0 Å². The molecule has 0 amide bonds. The number of alkyl halides is 3. The van der Waals surface area contributed by atoms with Crippen molar-refractivity contribution in [3.05, 3.63) is 59.7 Å². The smallest absolute Gasteiger partial charge is 0.417 e. The normalized spacial score (nSPS) is 11.7. The minimum Gasteiger partial charge on any atom is -0.497 e. The first-order chi connectivity index (χ1) is 11.4. The molecule has 1 heterocycles. The summed E-state index contributed by atoms with van der Waals surface area (Å²) < 4.78 is 45.3. The van der Waals surface area contributed by atoms with E-state index in [2.05, 4.69) is 4.98 Å². The summed E-state index contributed by atoms with van der Waals surface area (Å²) in [6.07, 6.45) is -4.43. The number of hydrogen-bond acceptors (Lipinski definition) is 3. The van der Waals surface area contributed by atoms with Gasteiger partial charge >= 0.3 is 6.18 Å². The van der Waals surface area contributed by atoms with Crippen molar-refractivity contribution >= 4 is 22.7 Å². The van der Waals surface area contributed by atoms with Crippen LogP contribution < -0.4 is 4.74 Å². The molecular formula is C18H14F3NOS. The zero-order valence-corrected chi connectivity index (χ0v) is 13.8. The summed E-state index contributed by atoms with van der Waals surface area (Å²) in [5.41, 5.74) is 0.436. The number of hydrogen-bond donors (Lipinski definition) is 0. The first kappa shape index (κ1) is 16.6. The number of rotatable bonds is 3. The van der Waals surface area contributed by atoms with E-state index in [1.54, 1.807) is 50.4 Å². The zero-order chi connectivity index (χ0) is 17.3. The van der Waals surface area contributed by atoms with Crippen molar-refractivity contribution in [1.29, 1.82) is 0 Å². The van der Waals surface area contributed by atoms with Gasteiger partial charge in [0.2, 0.25) is 0 Å². The molecule has 0 atom stereocenters. The molecule has 0 aliphatic rings. The fraction of sp³-hybridized carbons (Fsp3) is 0.167. The van der Waals surface area contributed by atoms with Crippen molar-refractivity contribution in [2.24, 2.45) is 0 Å². The van der Waals surface area contributed by atoms with Crippen molar-refractivity contribution in [1.82, 2.24) is 4.98 Å². The largest absolute Gasteiger partial charge is 0.497 e. The average Bonchev–Trinajstić information content (AvgIpc) is 2.55. The highest BCUT2D eigenvalue weighted by Gasteiger charge is 2.33. The van der Waals surface area contributed by atoms with Crippen LogP contribution in [0.3, 0.4) is 0 Å². The number of ether oxygens (including phenoxy) is 1. The summed E-state index contributed by atoms with van der Waals surface area (Å²) in [5.74, 6) is 0.692. The van der Waals surface area contributed by atoms with E-state index in [9.17, 15) is 13.2 Å². The molecule has 2 aromatic carbocycles. The molecule has 0 aliphatic heterocycles. The van der Waals surface area contributed by atoms with Crippen LogP contribution in [0.15, 0.2) is 58.5 Å². The van der Waals surface area contributed by atoms with Crippen LogP contribution in [-0.4, -0.2) is 12.1 Å². The molecule has 3 rings (SSSR count). The van der Waals surface area contributed by atoms with Gasteiger partial charge in [-0.2, -0.15) is 13.2 Å². The third-order valence-electron chi connectivity index (χ3n) is 3.60. The van der Waals surface area contributed by atoms with E-state index in [1.165, 1.54) is 17.8 Å². The Hall–Kier alpha value is -2.21. The molecule has 0 N–H and O–H groups in total. The van der Waals surface area contributed by atoms with E-state index >= 15 is 0 Å². The van der Waals surface area contributed by atoms with Crippen LogP contribution in [0.5, 0.6) is 5.75 Å². The summed E-state index contributed by atoms with van der Waals surface area (Å²) in [6, 6.07) is 13.1. The lowest BCUT2D eigenvalue weighted by atomic mass is 10.1. The highest BCUT2D eigenvalue weighted by atomic mass is 32.2. The second-order valence-electron chi connectivity index (χ2n) is 5.25. The van der Waals surface area contributed by atoms with E-state index in [-0.39, 0.29) is 5.39 Å². The SMILES string of the molecule is COc1ccc(Sc2cc(C(F)(F)F)c3cccc(C)c3n2)cc1. The van der Waals surface area contributed by atoms with Gasteiger partial charge < -0.3 is 4.74 Å². The van der Waals surface area contributed by atoms with E-state index in [1.807, 2.05) is 0 Å².